The van der Waals surface area contributed by atoms with Crippen LogP contribution in [0.25, 0.3) is 11.3 Å². The number of carbonyl (C=O) groups excluding carboxylic acids is 1. The van der Waals surface area contributed by atoms with E-state index in [4.69, 9.17) is 4.74 Å². The van der Waals surface area contributed by atoms with Gasteiger partial charge in [-0.3, -0.25) is 14.7 Å². The molecule has 2 aromatic rings. The Hall–Kier alpha value is -2.68. The molecule has 0 N–H and O–H groups in total. The van der Waals surface area contributed by atoms with Crippen molar-refractivity contribution in [1.29, 1.82) is 0 Å². The van der Waals surface area contributed by atoms with E-state index in [1.54, 1.807) is 26.8 Å². The Morgan fingerprint density at radius 1 is 1.22 bits per heavy atom. The summed E-state index contributed by atoms with van der Waals surface area (Å²) >= 11 is 0. The molecule has 2 rings (SSSR count). The first-order chi connectivity index (χ1) is 12.3. The number of non-ortho nitro benzene ring substituents is 1. The molecule has 0 aliphatic heterocycles. The van der Waals surface area contributed by atoms with Gasteiger partial charge >= 0.3 is 6.09 Å². The lowest BCUT2D eigenvalue weighted by Gasteiger charge is -2.21. The van der Waals surface area contributed by atoms with Crippen LogP contribution in [0.3, 0.4) is 0 Å². The molecule has 9 heteroatoms. The number of aromatic nitrogens is 1. The summed E-state index contributed by atoms with van der Waals surface area (Å²) in [5.74, 6) is 0. The van der Waals surface area contributed by atoms with Crippen LogP contribution in [0.2, 0.25) is 0 Å². The van der Waals surface area contributed by atoms with Gasteiger partial charge < -0.3 is 4.74 Å². The summed E-state index contributed by atoms with van der Waals surface area (Å²) in [4.78, 5) is 23.0. The van der Waals surface area contributed by atoms with E-state index in [2.05, 4.69) is 0 Å². The van der Waals surface area contributed by atoms with E-state index in [1.165, 1.54) is 32.2 Å². The van der Waals surface area contributed by atoms with Gasteiger partial charge in [-0.05, 0) is 52.8 Å². The number of nitro groups is 1. The Morgan fingerprint density at radius 2 is 1.85 bits per heavy atom. The third-order valence-corrected chi connectivity index (χ3v) is 5.93. The first-order valence-electron chi connectivity index (χ1n) is 8.28. The van der Waals surface area contributed by atoms with Gasteiger partial charge in [-0.15, -0.1) is 0 Å². The monoisotopic (exact) mass is 394 g/mol. The van der Waals surface area contributed by atoms with Crippen molar-refractivity contribution in [3.8, 4) is 11.3 Å². The van der Waals surface area contributed by atoms with E-state index >= 15 is 0 Å². The van der Waals surface area contributed by atoms with Crippen LogP contribution in [0, 0.1) is 10.1 Å². The van der Waals surface area contributed by atoms with E-state index in [1.807, 2.05) is 0 Å². The van der Waals surface area contributed by atoms with Crippen molar-refractivity contribution in [3.05, 3.63) is 46.6 Å². The molecule has 1 aromatic heterocycles. The first kappa shape index (κ1) is 20.6. The number of ether oxygens (including phenoxy) is 1. The Bertz CT molecular complexity index is 984. The molecule has 0 amide bonds. The minimum Gasteiger partial charge on any atom is -0.443 e. The predicted molar refractivity (Wildman–Crippen MR) is 100 cm³/mol. The van der Waals surface area contributed by atoms with Crippen LogP contribution in [0.4, 0.5) is 10.5 Å². The molecule has 0 aliphatic rings. The smallest absolute Gasteiger partial charge is 0.418 e. The second-order valence-corrected chi connectivity index (χ2v) is 9.75. The quantitative estimate of drug-likeness (QED) is 0.572. The zero-order valence-electron chi connectivity index (χ0n) is 15.8. The summed E-state index contributed by atoms with van der Waals surface area (Å²) in [5.41, 5.74) is -0.751. The number of hydrogen-bond donors (Lipinski definition) is 0. The molecule has 0 radical (unpaired) electrons. The number of sulfone groups is 1. The molecule has 0 saturated carbocycles. The van der Waals surface area contributed by atoms with Crippen LogP contribution < -0.4 is 0 Å². The maximum atomic E-state index is 12.7. The molecule has 146 valence electrons. The van der Waals surface area contributed by atoms with Gasteiger partial charge in [-0.2, -0.15) is 0 Å². The highest BCUT2D eigenvalue weighted by Crippen LogP contribution is 2.33. The van der Waals surface area contributed by atoms with Gasteiger partial charge in [-0.1, -0.05) is 0 Å². The van der Waals surface area contributed by atoms with Gasteiger partial charge in [0.05, 0.1) is 20.8 Å². The van der Waals surface area contributed by atoms with E-state index in [0.29, 0.717) is 0 Å². The Kier molecular flexibility index (Phi) is 5.46. The maximum Gasteiger partial charge on any atom is 0.418 e. The number of carbonyl (C=O) groups is 1. The highest BCUT2D eigenvalue weighted by atomic mass is 32.2. The largest absolute Gasteiger partial charge is 0.443 e. The zero-order chi connectivity index (χ0) is 20.6. The van der Waals surface area contributed by atoms with Crippen LogP contribution in [-0.4, -0.2) is 34.9 Å². The van der Waals surface area contributed by atoms with Gasteiger partial charge in [0, 0.05) is 23.9 Å². The molecule has 1 aromatic carbocycles. The number of nitro benzene ring substituents is 1. The molecule has 0 fully saturated rings. The molecule has 0 atom stereocenters. The Labute approximate surface area is 157 Å². The molecular formula is C18H22N2O6S. The highest BCUT2D eigenvalue weighted by molar-refractivity contribution is 7.92. The minimum atomic E-state index is -3.74. The van der Waals surface area contributed by atoms with E-state index < -0.39 is 31.7 Å². The van der Waals surface area contributed by atoms with Gasteiger partial charge in [0.1, 0.15) is 5.60 Å². The normalized spacial score (nSPS) is 12.2. The summed E-state index contributed by atoms with van der Waals surface area (Å²) in [5, 5.41) is 10.4. The summed E-state index contributed by atoms with van der Waals surface area (Å²) in [6.45, 7) is 8.16. The van der Waals surface area contributed by atoms with E-state index in [9.17, 15) is 23.3 Å². The van der Waals surface area contributed by atoms with Crippen molar-refractivity contribution in [2.45, 2.75) is 50.4 Å². The van der Waals surface area contributed by atoms with Crippen molar-refractivity contribution in [3.63, 3.8) is 0 Å². The molecule has 0 saturated heterocycles. The van der Waals surface area contributed by atoms with Crippen LogP contribution in [-0.2, 0) is 14.6 Å². The summed E-state index contributed by atoms with van der Waals surface area (Å²) < 4.78 is 32.0. The third kappa shape index (κ3) is 4.36. The topological polar surface area (TPSA) is 109 Å². The average molecular weight is 394 g/mol. The number of nitrogens with zero attached hydrogens (tertiary/aromatic N) is 2. The number of rotatable bonds is 4. The van der Waals surface area contributed by atoms with Gasteiger partial charge in [0.15, 0.2) is 9.84 Å². The molecule has 0 spiro atoms. The Morgan fingerprint density at radius 3 is 2.37 bits per heavy atom. The van der Waals surface area contributed by atoms with Crippen LogP contribution in [0.5, 0.6) is 0 Å². The Balaban J connectivity index is 2.72. The van der Waals surface area contributed by atoms with Crippen molar-refractivity contribution >= 4 is 21.6 Å². The molecular weight excluding hydrogens is 372 g/mol. The van der Waals surface area contributed by atoms with Crippen molar-refractivity contribution in [2.24, 2.45) is 0 Å². The molecule has 0 bridgehead atoms. The molecule has 0 unspecified atom stereocenters. The third-order valence-electron chi connectivity index (χ3n) is 3.72. The van der Waals surface area contributed by atoms with Gasteiger partial charge in [0.2, 0.25) is 0 Å². The standard InChI is InChI=1S/C18H22N2O6S/c1-12(2)27(24,25)16-9-8-13(20(22)23)11-14(16)15-7-6-10-19(15)17(21)26-18(3,4)5/h6-12H,1-5H3. The van der Waals surface area contributed by atoms with Crippen LogP contribution in [0.15, 0.2) is 41.4 Å². The van der Waals surface area contributed by atoms with Crippen LogP contribution in [0.1, 0.15) is 34.6 Å². The minimum absolute atomic E-state index is 0.0772. The SMILES string of the molecule is CC(C)S(=O)(=O)c1ccc([N+](=O)[O-])cc1-c1cccn1C(=O)OC(C)(C)C. The fourth-order valence-corrected chi connectivity index (χ4v) is 3.64. The predicted octanol–water partition coefficient (Wildman–Crippen LogP) is 4.03. The summed E-state index contributed by atoms with van der Waals surface area (Å²) in [6, 6.07) is 6.56. The van der Waals surface area contributed by atoms with E-state index in [-0.39, 0.29) is 21.8 Å². The van der Waals surface area contributed by atoms with E-state index in [0.717, 1.165) is 16.7 Å². The van der Waals surface area contributed by atoms with Crippen molar-refractivity contribution < 1.29 is 22.9 Å². The molecule has 27 heavy (non-hydrogen) atoms. The maximum absolute atomic E-state index is 12.7. The fourth-order valence-electron chi connectivity index (χ4n) is 2.40. The lowest BCUT2D eigenvalue weighted by molar-refractivity contribution is -0.384. The van der Waals surface area contributed by atoms with Crippen molar-refractivity contribution in [2.75, 3.05) is 0 Å². The fraction of sp³-hybridized carbons (Fsp3) is 0.389. The highest BCUT2D eigenvalue weighted by Gasteiger charge is 2.28. The number of hydrogen-bond acceptors (Lipinski definition) is 6. The number of benzene rings is 1. The molecule has 1 heterocycles. The molecule has 8 nitrogen and oxygen atoms in total. The lowest BCUT2D eigenvalue weighted by atomic mass is 10.1. The zero-order valence-corrected chi connectivity index (χ0v) is 16.6. The summed E-state index contributed by atoms with van der Waals surface area (Å²) in [7, 11) is -3.74. The average Bonchev–Trinajstić information content (AvgIpc) is 3.02. The summed E-state index contributed by atoms with van der Waals surface area (Å²) in [6.07, 6.45) is 0.718. The van der Waals surface area contributed by atoms with Gasteiger partial charge in [-0.25, -0.2) is 13.2 Å². The second-order valence-electron chi connectivity index (χ2n) is 7.28. The van der Waals surface area contributed by atoms with Gasteiger partial charge in [0.25, 0.3) is 5.69 Å². The van der Waals surface area contributed by atoms with Crippen LogP contribution >= 0.6 is 0 Å². The lowest BCUT2D eigenvalue weighted by Crippen LogP contribution is -2.27. The molecule has 0 aliphatic carbocycles. The second kappa shape index (κ2) is 7.15. The first-order valence-corrected chi connectivity index (χ1v) is 9.82. The van der Waals surface area contributed by atoms with Crippen molar-refractivity contribution in [1.82, 2.24) is 4.57 Å².